The average Bonchev–Trinajstić information content (AvgIpc) is 2.40. The highest BCUT2D eigenvalue weighted by Gasteiger charge is 2.25. The SMILES string of the molecule is CC(C)OCCN(C)S(=O)(=O)c1cc(Cl)cc(CCl)c1Cl. The van der Waals surface area contributed by atoms with Crippen LogP contribution >= 0.6 is 34.8 Å². The summed E-state index contributed by atoms with van der Waals surface area (Å²) in [5, 5.41) is 0.381. The molecule has 0 spiro atoms. The van der Waals surface area contributed by atoms with Crippen LogP contribution in [-0.2, 0) is 20.6 Å². The molecular formula is C13H18Cl3NO3S. The fourth-order valence-electron chi connectivity index (χ4n) is 1.61. The Hall–Kier alpha value is -0.0400. The van der Waals surface area contributed by atoms with Crippen LogP contribution in [0.25, 0.3) is 0 Å². The predicted molar refractivity (Wildman–Crippen MR) is 86.9 cm³/mol. The van der Waals surface area contributed by atoms with E-state index in [0.717, 1.165) is 0 Å². The van der Waals surface area contributed by atoms with Gasteiger partial charge in [0, 0.05) is 24.5 Å². The minimum atomic E-state index is -3.74. The van der Waals surface area contributed by atoms with Gasteiger partial charge in [-0.1, -0.05) is 23.2 Å². The minimum Gasteiger partial charge on any atom is -0.377 e. The lowest BCUT2D eigenvalue weighted by atomic mass is 10.2. The second-order valence-corrected chi connectivity index (χ2v) is 7.85. The zero-order valence-corrected chi connectivity index (χ0v) is 15.2. The van der Waals surface area contributed by atoms with Crippen molar-refractivity contribution >= 4 is 44.8 Å². The summed E-state index contributed by atoms with van der Waals surface area (Å²) in [7, 11) is -2.28. The van der Waals surface area contributed by atoms with Crippen molar-refractivity contribution < 1.29 is 13.2 Å². The summed E-state index contributed by atoms with van der Waals surface area (Å²) in [6.07, 6.45) is 0.0405. The first-order valence-electron chi connectivity index (χ1n) is 6.32. The van der Waals surface area contributed by atoms with Gasteiger partial charge in [0.15, 0.2) is 0 Å². The Morgan fingerprint density at radius 1 is 1.29 bits per heavy atom. The number of likely N-dealkylation sites (N-methyl/N-ethyl adjacent to an activating group) is 1. The number of hydrogen-bond donors (Lipinski definition) is 0. The van der Waals surface area contributed by atoms with Crippen LogP contribution in [0.5, 0.6) is 0 Å². The summed E-state index contributed by atoms with van der Waals surface area (Å²) < 4.78 is 31.6. The van der Waals surface area contributed by atoms with Crippen LogP contribution in [0.15, 0.2) is 17.0 Å². The first kappa shape index (κ1) is 19.0. The van der Waals surface area contributed by atoms with E-state index in [-0.39, 0.29) is 33.5 Å². The summed E-state index contributed by atoms with van der Waals surface area (Å²) in [5.41, 5.74) is 0.483. The van der Waals surface area contributed by atoms with Crippen LogP contribution in [0.4, 0.5) is 0 Å². The Balaban J connectivity index is 3.05. The van der Waals surface area contributed by atoms with Crippen molar-refractivity contribution in [3.05, 3.63) is 27.7 Å². The van der Waals surface area contributed by atoms with Crippen molar-refractivity contribution in [1.29, 1.82) is 0 Å². The maximum Gasteiger partial charge on any atom is 0.244 e. The van der Waals surface area contributed by atoms with Crippen LogP contribution in [0.2, 0.25) is 10.0 Å². The Bertz CT molecular complexity index is 591. The molecule has 0 unspecified atom stereocenters. The second-order valence-electron chi connectivity index (χ2n) is 4.76. The summed E-state index contributed by atoms with van der Waals surface area (Å²) in [6, 6.07) is 2.88. The predicted octanol–water partition coefficient (Wildman–Crippen LogP) is 3.78. The topological polar surface area (TPSA) is 46.6 Å². The van der Waals surface area contributed by atoms with E-state index < -0.39 is 10.0 Å². The summed E-state index contributed by atoms with van der Waals surface area (Å²) in [4.78, 5) is -0.0423. The molecule has 0 saturated heterocycles. The molecule has 0 aliphatic carbocycles. The smallest absolute Gasteiger partial charge is 0.244 e. The van der Waals surface area contributed by atoms with Gasteiger partial charge < -0.3 is 4.74 Å². The largest absolute Gasteiger partial charge is 0.377 e. The first-order valence-corrected chi connectivity index (χ1v) is 9.05. The van der Waals surface area contributed by atoms with Gasteiger partial charge in [0.25, 0.3) is 0 Å². The molecular weight excluding hydrogens is 357 g/mol. The van der Waals surface area contributed by atoms with E-state index in [4.69, 9.17) is 39.5 Å². The highest BCUT2D eigenvalue weighted by atomic mass is 35.5. The highest BCUT2D eigenvalue weighted by Crippen LogP contribution is 2.31. The van der Waals surface area contributed by atoms with E-state index in [0.29, 0.717) is 12.2 Å². The number of alkyl halides is 1. The molecule has 0 aromatic heterocycles. The molecule has 4 nitrogen and oxygen atoms in total. The molecule has 1 rings (SSSR count). The van der Waals surface area contributed by atoms with Crippen molar-refractivity contribution in [1.82, 2.24) is 4.31 Å². The van der Waals surface area contributed by atoms with Gasteiger partial charge >= 0.3 is 0 Å². The van der Waals surface area contributed by atoms with Crippen LogP contribution in [0, 0.1) is 0 Å². The van der Waals surface area contributed by atoms with E-state index >= 15 is 0 Å². The first-order chi connectivity index (χ1) is 9.70. The standard InChI is InChI=1S/C13H18Cl3NO3S/c1-9(2)20-5-4-17(3)21(18,19)12-7-11(15)6-10(8-14)13(12)16/h6-7,9H,4-5,8H2,1-3H3. The van der Waals surface area contributed by atoms with E-state index in [9.17, 15) is 8.42 Å². The number of sulfonamides is 1. The Morgan fingerprint density at radius 2 is 1.90 bits per heavy atom. The molecule has 0 atom stereocenters. The maximum absolute atomic E-state index is 12.5. The lowest BCUT2D eigenvalue weighted by Crippen LogP contribution is -2.31. The molecule has 0 bridgehead atoms. The normalized spacial score (nSPS) is 12.4. The molecule has 120 valence electrons. The zero-order valence-electron chi connectivity index (χ0n) is 12.1. The molecule has 0 aliphatic heterocycles. The third-order valence-electron chi connectivity index (χ3n) is 2.77. The van der Waals surface area contributed by atoms with Gasteiger partial charge in [0.2, 0.25) is 10.0 Å². The van der Waals surface area contributed by atoms with E-state index in [1.165, 1.54) is 17.4 Å². The third-order valence-corrected chi connectivity index (χ3v) is 5.71. The monoisotopic (exact) mass is 373 g/mol. The average molecular weight is 375 g/mol. The third kappa shape index (κ3) is 4.98. The highest BCUT2D eigenvalue weighted by molar-refractivity contribution is 7.89. The Morgan fingerprint density at radius 3 is 2.43 bits per heavy atom. The van der Waals surface area contributed by atoms with Gasteiger partial charge in [0.05, 0.1) is 17.7 Å². The van der Waals surface area contributed by atoms with Gasteiger partial charge in [-0.05, 0) is 31.5 Å². The van der Waals surface area contributed by atoms with Crippen LogP contribution in [0.1, 0.15) is 19.4 Å². The summed E-state index contributed by atoms with van der Waals surface area (Å²) in [6.45, 7) is 4.29. The fraction of sp³-hybridized carbons (Fsp3) is 0.538. The van der Waals surface area contributed by atoms with Crippen molar-refractivity contribution in [2.24, 2.45) is 0 Å². The van der Waals surface area contributed by atoms with Crippen molar-refractivity contribution in [2.75, 3.05) is 20.2 Å². The minimum absolute atomic E-state index is 0.0405. The van der Waals surface area contributed by atoms with Crippen molar-refractivity contribution in [3.63, 3.8) is 0 Å². The fourth-order valence-corrected chi connectivity index (χ4v) is 3.95. The zero-order chi connectivity index (χ0) is 16.2. The lowest BCUT2D eigenvalue weighted by molar-refractivity contribution is 0.0737. The second kappa shape index (κ2) is 7.99. The number of hydrogen-bond acceptors (Lipinski definition) is 3. The van der Waals surface area contributed by atoms with Gasteiger partial charge in [-0.25, -0.2) is 8.42 Å². The van der Waals surface area contributed by atoms with Gasteiger partial charge in [-0.2, -0.15) is 4.31 Å². The number of ether oxygens (including phenoxy) is 1. The molecule has 0 aliphatic rings. The van der Waals surface area contributed by atoms with Crippen LogP contribution in [-0.4, -0.2) is 39.0 Å². The van der Waals surface area contributed by atoms with Gasteiger partial charge in [-0.15, -0.1) is 11.6 Å². The van der Waals surface area contributed by atoms with Crippen molar-refractivity contribution in [3.8, 4) is 0 Å². The number of halogens is 3. The summed E-state index contributed by atoms with van der Waals surface area (Å²) >= 11 is 17.8. The molecule has 0 amide bonds. The lowest BCUT2D eigenvalue weighted by Gasteiger charge is -2.19. The van der Waals surface area contributed by atoms with E-state index in [2.05, 4.69) is 0 Å². The molecule has 1 aromatic rings. The number of benzene rings is 1. The quantitative estimate of drug-likeness (QED) is 0.682. The molecule has 8 heteroatoms. The van der Waals surface area contributed by atoms with Crippen molar-refractivity contribution in [2.45, 2.75) is 30.7 Å². The summed E-state index contributed by atoms with van der Waals surface area (Å²) in [5.74, 6) is 0.0854. The molecule has 0 saturated carbocycles. The maximum atomic E-state index is 12.5. The number of nitrogens with zero attached hydrogens (tertiary/aromatic N) is 1. The molecule has 0 radical (unpaired) electrons. The Kier molecular flexibility index (Phi) is 7.24. The van der Waals surface area contributed by atoms with Gasteiger partial charge in [0.1, 0.15) is 4.90 Å². The molecule has 0 heterocycles. The van der Waals surface area contributed by atoms with E-state index in [1.807, 2.05) is 13.8 Å². The molecule has 1 aromatic carbocycles. The van der Waals surface area contributed by atoms with Crippen LogP contribution < -0.4 is 0 Å². The number of rotatable bonds is 7. The molecule has 21 heavy (non-hydrogen) atoms. The van der Waals surface area contributed by atoms with Crippen LogP contribution in [0.3, 0.4) is 0 Å². The van der Waals surface area contributed by atoms with E-state index in [1.54, 1.807) is 6.07 Å². The molecule has 0 N–H and O–H groups in total. The Labute approximate surface area is 141 Å². The van der Waals surface area contributed by atoms with Gasteiger partial charge in [-0.3, -0.25) is 0 Å². The molecule has 0 fully saturated rings.